The van der Waals surface area contributed by atoms with E-state index in [1.807, 2.05) is 0 Å². The van der Waals surface area contributed by atoms with Gasteiger partial charge in [-0.2, -0.15) is 0 Å². The largest absolute Gasteiger partial charge is 0.369 e. The van der Waals surface area contributed by atoms with Crippen LogP contribution in [0, 0.1) is 10.1 Å². The zero-order valence-corrected chi connectivity index (χ0v) is 11.1. The van der Waals surface area contributed by atoms with Crippen LogP contribution in [0.15, 0.2) is 24.3 Å². The average molecular weight is 265 g/mol. The molecule has 0 aromatic heterocycles. The van der Waals surface area contributed by atoms with Crippen molar-refractivity contribution in [2.24, 2.45) is 0 Å². The summed E-state index contributed by atoms with van der Waals surface area (Å²) in [6.07, 6.45) is 3.51. The number of rotatable bonds is 9. The van der Waals surface area contributed by atoms with E-state index >= 15 is 0 Å². The molecule has 19 heavy (non-hydrogen) atoms. The fourth-order valence-electron chi connectivity index (χ4n) is 1.73. The van der Waals surface area contributed by atoms with Crippen LogP contribution in [0.2, 0.25) is 0 Å². The molecule has 0 amide bonds. The SMILES string of the molecule is CCCCCC(=O)COCc1ccccc1[N+](=O)[O-]. The zero-order chi connectivity index (χ0) is 14.1. The van der Waals surface area contributed by atoms with E-state index in [1.165, 1.54) is 6.07 Å². The van der Waals surface area contributed by atoms with Gasteiger partial charge in [-0.05, 0) is 12.5 Å². The summed E-state index contributed by atoms with van der Waals surface area (Å²) in [6, 6.07) is 6.40. The molecule has 0 saturated carbocycles. The average Bonchev–Trinajstić information content (AvgIpc) is 2.39. The molecule has 0 bridgehead atoms. The van der Waals surface area contributed by atoms with E-state index in [1.54, 1.807) is 18.2 Å². The minimum atomic E-state index is -0.443. The second kappa shape index (κ2) is 8.37. The van der Waals surface area contributed by atoms with Crippen LogP contribution in [0.4, 0.5) is 5.69 Å². The molecule has 0 aliphatic heterocycles. The van der Waals surface area contributed by atoms with Gasteiger partial charge in [0.2, 0.25) is 0 Å². The Morgan fingerprint density at radius 2 is 2.05 bits per heavy atom. The third-order valence-electron chi connectivity index (χ3n) is 2.77. The van der Waals surface area contributed by atoms with Gasteiger partial charge in [-0.1, -0.05) is 31.9 Å². The van der Waals surface area contributed by atoms with Gasteiger partial charge in [0.1, 0.15) is 6.61 Å². The lowest BCUT2D eigenvalue weighted by atomic mass is 10.1. The van der Waals surface area contributed by atoms with Crippen molar-refractivity contribution < 1.29 is 14.5 Å². The Morgan fingerprint density at radius 3 is 2.74 bits per heavy atom. The molecule has 1 aromatic carbocycles. The quantitative estimate of drug-likeness (QED) is 0.390. The number of nitro benzene ring substituents is 1. The summed E-state index contributed by atoms with van der Waals surface area (Å²) >= 11 is 0. The third-order valence-corrected chi connectivity index (χ3v) is 2.77. The monoisotopic (exact) mass is 265 g/mol. The van der Waals surface area contributed by atoms with Crippen LogP contribution in [-0.4, -0.2) is 17.3 Å². The van der Waals surface area contributed by atoms with Gasteiger partial charge in [-0.3, -0.25) is 14.9 Å². The molecule has 0 radical (unpaired) electrons. The van der Waals surface area contributed by atoms with Crippen LogP contribution in [0.1, 0.15) is 38.2 Å². The van der Waals surface area contributed by atoms with Gasteiger partial charge in [-0.15, -0.1) is 0 Å². The van der Waals surface area contributed by atoms with E-state index in [0.717, 1.165) is 19.3 Å². The lowest BCUT2D eigenvalue weighted by molar-refractivity contribution is -0.385. The highest BCUT2D eigenvalue weighted by molar-refractivity contribution is 5.79. The van der Waals surface area contributed by atoms with Gasteiger partial charge < -0.3 is 4.74 Å². The van der Waals surface area contributed by atoms with Crippen molar-refractivity contribution in [1.82, 2.24) is 0 Å². The van der Waals surface area contributed by atoms with Crippen molar-refractivity contribution in [3.05, 3.63) is 39.9 Å². The number of unbranched alkanes of at least 4 members (excludes halogenated alkanes) is 2. The number of hydrogen-bond acceptors (Lipinski definition) is 4. The highest BCUT2D eigenvalue weighted by atomic mass is 16.6. The van der Waals surface area contributed by atoms with Crippen LogP contribution in [0.5, 0.6) is 0 Å². The molecule has 0 saturated heterocycles. The minimum Gasteiger partial charge on any atom is -0.369 e. The molecule has 0 spiro atoms. The van der Waals surface area contributed by atoms with E-state index in [0.29, 0.717) is 12.0 Å². The number of ether oxygens (including phenoxy) is 1. The Balaban J connectivity index is 2.37. The van der Waals surface area contributed by atoms with Gasteiger partial charge in [0.15, 0.2) is 5.78 Å². The lowest BCUT2D eigenvalue weighted by Crippen LogP contribution is -2.09. The number of Topliss-reactive ketones (excluding diaryl/α,β-unsaturated/α-hetero) is 1. The zero-order valence-electron chi connectivity index (χ0n) is 11.1. The molecule has 0 unspecified atom stereocenters. The minimum absolute atomic E-state index is 0.0236. The van der Waals surface area contributed by atoms with Crippen LogP contribution < -0.4 is 0 Å². The molecule has 0 N–H and O–H groups in total. The number of hydrogen-bond donors (Lipinski definition) is 0. The summed E-state index contributed by atoms with van der Waals surface area (Å²) in [6.45, 7) is 2.20. The first-order valence-electron chi connectivity index (χ1n) is 6.47. The van der Waals surface area contributed by atoms with Crippen molar-refractivity contribution >= 4 is 11.5 Å². The van der Waals surface area contributed by atoms with Gasteiger partial charge in [0.25, 0.3) is 5.69 Å². The Hall–Kier alpha value is -1.75. The number of nitro groups is 1. The Bertz CT molecular complexity index is 431. The van der Waals surface area contributed by atoms with E-state index in [2.05, 4.69) is 6.92 Å². The van der Waals surface area contributed by atoms with Gasteiger partial charge >= 0.3 is 0 Å². The number of carbonyl (C=O) groups is 1. The summed E-state index contributed by atoms with van der Waals surface area (Å²) in [4.78, 5) is 21.8. The Labute approximate surface area is 112 Å². The first-order valence-corrected chi connectivity index (χ1v) is 6.47. The number of carbonyl (C=O) groups excluding carboxylic acids is 1. The normalized spacial score (nSPS) is 10.4. The summed E-state index contributed by atoms with van der Waals surface area (Å²) in [7, 11) is 0. The van der Waals surface area contributed by atoms with Crippen molar-refractivity contribution in [3.63, 3.8) is 0 Å². The van der Waals surface area contributed by atoms with Crippen molar-refractivity contribution in [2.75, 3.05) is 6.61 Å². The number of ketones is 1. The fourth-order valence-corrected chi connectivity index (χ4v) is 1.73. The smallest absolute Gasteiger partial charge is 0.274 e. The maximum absolute atomic E-state index is 11.5. The summed E-state index contributed by atoms with van der Waals surface area (Å²) < 4.78 is 5.25. The van der Waals surface area contributed by atoms with E-state index in [-0.39, 0.29) is 24.7 Å². The van der Waals surface area contributed by atoms with Crippen molar-refractivity contribution in [2.45, 2.75) is 39.2 Å². The van der Waals surface area contributed by atoms with Crippen molar-refractivity contribution in [3.8, 4) is 0 Å². The van der Waals surface area contributed by atoms with E-state index in [4.69, 9.17) is 4.74 Å². The number of benzene rings is 1. The topological polar surface area (TPSA) is 69.4 Å². The molecule has 5 nitrogen and oxygen atoms in total. The van der Waals surface area contributed by atoms with Crippen LogP contribution in [0.25, 0.3) is 0 Å². The Kier molecular flexibility index (Phi) is 6.74. The molecular formula is C14H19NO4. The van der Waals surface area contributed by atoms with Crippen LogP contribution in [0.3, 0.4) is 0 Å². The first-order chi connectivity index (χ1) is 9.15. The Morgan fingerprint density at radius 1 is 1.32 bits per heavy atom. The standard InChI is InChI=1S/C14H19NO4/c1-2-3-4-8-13(16)11-19-10-12-7-5-6-9-14(12)15(17)18/h5-7,9H,2-4,8,10-11H2,1H3. The predicted molar refractivity (Wildman–Crippen MR) is 71.9 cm³/mol. The predicted octanol–water partition coefficient (Wildman–Crippen LogP) is 3.26. The third kappa shape index (κ3) is 5.61. The summed E-state index contributed by atoms with van der Waals surface area (Å²) in [5.74, 6) is 0.0482. The number of para-hydroxylation sites is 1. The molecule has 0 heterocycles. The molecule has 0 aliphatic rings. The first kappa shape index (κ1) is 15.3. The molecule has 5 heteroatoms. The maximum Gasteiger partial charge on any atom is 0.274 e. The molecule has 1 rings (SSSR count). The van der Waals surface area contributed by atoms with Crippen LogP contribution >= 0.6 is 0 Å². The number of nitrogens with zero attached hydrogens (tertiary/aromatic N) is 1. The second-order valence-corrected chi connectivity index (χ2v) is 4.37. The molecule has 1 aromatic rings. The highest BCUT2D eigenvalue weighted by Crippen LogP contribution is 2.18. The lowest BCUT2D eigenvalue weighted by Gasteiger charge is -2.04. The van der Waals surface area contributed by atoms with Gasteiger partial charge in [-0.25, -0.2) is 0 Å². The second-order valence-electron chi connectivity index (χ2n) is 4.37. The van der Waals surface area contributed by atoms with E-state index in [9.17, 15) is 14.9 Å². The highest BCUT2D eigenvalue weighted by Gasteiger charge is 2.12. The van der Waals surface area contributed by atoms with E-state index < -0.39 is 4.92 Å². The molecule has 0 aliphatic carbocycles. The maximum atomic E-state index is 11.5. The molecule has 0 fully saturated rings. The fraction of sp³-hybridized carbons (Fsp3) is 0.500. The molecule has 0 atom stereocenters. The van der Waals surface area contributed by atoms with Gasteiger partial charge in [0, 0.05) is 12.5 Å². The summed E-state index contributed by atoms with van der Waals surface area (Å²) in [5.41, 5.74) is 0.523. The molecule has 104 valence electrons. The van der Waals surface area contributed by atoms with Crippen molar-refractivity contribution in [1.29, 1.82) is 0 Å². The molecular weight excluding hydrogens is 246 g/mol. The van der Waals surface area contributed by atoms with Gasteiger partial charge in [0.05, 0.1) is 17.1 Å². The summed E-state index contributed by atoms with van der Waals surface area (Å²) in [5, 5.41) is 10.8. The van der Waals surface area contributed by atoms with Crippen LogP contribution in [-0.2, 0) is 16.1 Å².